The second kappa shape index (κ2) is 10.5. The third-order valence-electron chi connectivity index (χ3n) is 6.23. The smallest absolute Gasteiger partial charge is 0.416 e. The topological polar surface area (TPSA) is 93.8 Å². The SMILES string of the molecule is CC[C@@H](C)N=CC(=CN)c1ccc(NC(=O)C2(c3ccc(C(F)(F)F)cc3F)CC2)cc1C(=O)OC. The van der Waals surface area contributed by atoms with Gasteiger partial charge in [0.1, 0.15) is 5.82 Å². The van der Waals surface area contributed by atoms with Crippen molar-refractivity contribution in [3.05, 3.63) is 70.7 Å². The first-order valence-electron chi connectivity index (χ1n) is 11.3. The van der Waals surface area contributed by atoms with Crippen molar-refractivity contribution >= 4 is 29.4 Å². The molecule has 2 aromatic rings. The predicted molar refractivity (Wildman–Crippen MR) is 129 cm³/mol. The van der Waals surface area contributed by atoms with Gasteiger partial charge in [-0.3, -0.25) is 9.79 Å². The molecular weight excluding hydrogens is 478 g/mol. The number of ether oxygens (including phenoxy) is 1. The van der Waals surface area contributed by atoms with Crippen molar-refractivity contribution in [3.8, 4) is 0 Å². The molecule has 0 aromatic heterocycles. The van der Waals surface area contributed by atoms with Gasteiger partial charge in [0.05, 0.1) is 23.7 Å². The van der Waals surface area contributed by atoms with Crippen LogP contribution < -0.4 is 11.1 Å². The fourth-order valence-electron chi connectivity index (χ4n) is 3.74. The Kier molecular flexibility index (Phi) is 7.86. The molecule has 0 saturated heterocycles. The van der Waals surface area contributed by atoms with Gasteiger partial charge in [0.15, 0.2) is 0 Å². The van der Waals surface area contributed by atoms with Crippen LogP contribution in [-0.2, 0) is 21.1 Å². The Morgan fingerprint density at radius 2 is 1.89 bits per heavy atom. The number of carbonyl (C=O) groups excluding carboxylic acids is 2. The van der Waals surface area contributed by atoms with Gasteiger partial charge in [-0.25, -0.2) is 9.18 Å². The average Bonchev–Trinajstić information content (AvgIpc) is 3.65. The zero-order valence-electron chi connectivity index (χ0n) is 20.1. The van der Waals surface area contributed by atoms with E-state index < -0.39 is 34.8 Å². The number of aliphatic imine (C=N–C) groups is 1. The number of methoxy groups -OCH3 is 1. The van der Waals surface area contributed by atoms with E-state index in [1.54, 1.807) is 18.3 Å². The lowest BCUT2D eigenvalue weighted by atomic mass is 9.93. The van der Waals surface area contributed by atoms with Crippen LogP contribution in [0.5, 0.6) is 0 Å². The number of esters is 1. The van der Waals surface area contributed by atoms with Crippen LogP contribution in [0, 0.1) is 5.82 Å². The maximum atomic E-state index is 14.6. The number of nitrogens with one attached hydrogen (secondary N) is 1. The van der Waals surface area contributed by atoms with Gasteiger partial charge in [0.2, 0.25) is 5.91 Å². The van der Waals surface area contributed by atoms with Crippen molar-refractivity contribution in [2.45, 2.75) is 50.7 Å². The number of hydrogen-bond donors (Lipinski definition) is 2. The second-order valence-electron chi connectivity index (χ2n) is 8.64. The zero-order chi connectivity index (χ0) is 26.7. The van der Waals surface area contributed by atoms with Crippen molar-refractivity contribution < 1.29 is 31.9 Å². The summed E-state index contributed by atoms with van der Waals surface area (Å²) >= 11 is 0. The monoisotopic (exact) mass is 505 g/mol. The van der Waals surface area contributed by atoms with E-state index in [9.17, 15) is 27.2 Å². The van der Waals surface area contributed by atoms with Gasteiger partial charge >= 0.3 is 12.1 Å². The van der Waals surface area contributed by atoms with Crippen molar-refractivity contribution in [1.82, 2.24) is 0 Å². The molecule has 3 rings (SSSR count). The molecule has 10 heteroatoms. The van der Waals surface area contributed by atoms with Gasteiger partial charge in [-0.15, -0.1) is 0 Å². The maximum absolute atomic E-state index is 14.6. The second-order valence-corrected chi connectivity index (χ2v) is 8.64. The summed E-state index contributed by atoms with van der Waals surface area (Å²) in [6.07, 6.45) is -0.478. The molecule has 6 nitrogen and oxygen atoms in total. The lowest BCUT2D eigenvalue weighted by molar-refractivity contribution is -0.137. The molecule has 0 heterocycles. The first-order chi connectivity index (χ1) is 17.0. The Morgan fingerprint density at radius 1 is 1.19 bits per heavy atom. The van der Waals surface area contributed by atoms with E-state index in [0.29, 0.717) is 17.2 Å². The molecule has 1 aliphatic rings. The van der Waals surface area contributed by atoms with Gasteiger partial charge in [0.25, 0.3) is 0 Å². The molecule has 1 atom stereocenters. The minimum atomic E-state index is -4.69. The van der Waals surface area contributed by atoms with Crippen LogP contribution in [0.25, 0.3) is 5.57 Å². The summed E-state index contributed by atoms with van der Waals surface area (Å²) in [4.78, 5) is 30.0. The van der Waals surface area contributed by atoms with Crippen LogP contribution in [0.2, 0.25) is 0 Å². The highest BCUT2D eigenvalue weighted by atomic mass is 19.4. The molecule has 0 spiro atoms. The summed E-state index contributed by atoms with van der Waals surface area (Å²) in [7, 11) is 1.21. The summed E-state index contributed by atoms with van der Waals surface area (Å²) in [6, 6.07) is 6.72. The number of halogens is 4. The third kappa shape index (κ3) is 5.58. The van der Waals surface area contributed by atoms with Crippen LogP contribution in [0.15, 0.2) is 47.6 Å². The third-order valence-corrected chi connectivity index (χ3v) is 6.23. The van der Waals surface area contributed by atoms with Gasteiger partial charge in [0, 0.05) is 35.3 Å². The standard InChI is InChI=1S/C26H27F4N3O3/c1-4-15(2)32-14-16(13-31)19-7-6-18(12-20(19)23(34)36-3)33-24(35)25(9-10-25)21-8-5-17(11-22(21)27)26(28,29)30/h5-8,11-15H,4,9-10,31H2,1-3H3,(H,33,35)/t15-/m1/s1. The highest BCUT2D eigenvalue weighted by Crippen LogP contribution is 2.50. The lowest BCUT2D eigenvalue weighted by Crippen LogP contribution is -2.29. The Bertz CT molecular complexity index is 1220. The van der Waals surface area contributed by atoms with Gasteiger partial charge < -0.3 is 15.8 Å². The predicted octanol–water partition coefficient (Wildman–Crippen LogP) is 5.47. The average molecular weight is 506 g/mol. The van der Waals surface area contributed by atoms with Crippen molar-refractivity contribution in [2.75, 3.05) is 12.4 Å². The molecule has 36 heavy (non-hydrogen) atoms. The number of hydrogen-bond acceptors (Lipinski definition) is 5. The van der Waals surface area contributed by atoms with E-state index in [1.807, 2.05) is 13.8 Å². The number of allylic oxidation sites excluding steroid dienone is 1. The Morgan fingerprint density at radius 3 is 2.42 bits per heavy atom. The van der Waals surface area contributed by atoms with E-state index in [2.05, 4.69) is 10.3 Å². The number of amides is 1. The minimum absolute atomic E-state index is 0.0420. The number of carbonyl (C=O) groups is 2. The van der Waals surface area contributed by atoms with E-state index in [4.69, 9.17) is 10.5 Å². The molecular formula is C26H27F4N3O3. The largest absolute Gasteiger partial charge is 0.465 e. The molecule has 0 unspecified atom stereocenters. The zero-order valence-corrected chi connectivity index (χ0v) is 20.1. The normalized spacial score (nSPS) is 16.0. The molecule has 1 amide bonds. The summed E-state index contributed by atoms with van der Waals surface area (Å²) < 4.78 is 58.2. The van der Waals surface area contributed by atoms with Gasteiger partial charge in [-0.1, -0.05) is 19.1 Å². The number of anilines is 1. The summed E-state index contributed by atoms with van der Waals surface area (Å²) in [6.45, 7) is 3.91. The minimum Gasteiger partial charge on any atom is -0.465 e. The number of benzene rings is 2. The molecule has 1 saturated carbocycles. The highest BCUT2D eigenvalue weighted by Gasteiger charge is 2.53. The molecule has 3 N–H and O–H groups in total. The molecule has 192 valence electrons. The van der Waals surface area contributed by atoms with E-state index in [-0.39, 0.29) is 35.7 Å². The molecule has 2 aromatic carbocycles. The number of nitrogens with zero attached hydrogens (tertiary/aromatic N) is 1. The quantitative estimate of drug-likeness (QED) is 0.283. The van der Waals surface area contributed by atoms with Crippen LogP contribution >= 0.6 is 0 Å². The van der Waals surface area contributed by atoms with E-state index in [0.717, 1.165) is 18.6 Å². The lowest BCUT2D eigenvalue weighted by Gasteiger charge is -2.18. The molecule has 0 aliphatic heterocycles. The summed E-state index contributed by atoms with van der Waals surface area (Å²) in [5.74, 6) is -2.36. The number of nitrogens with two attached hydrogens (primary N) is 1. The summed E-state index contributed by atoms with van der Waals surface area (Å²) in [5, 5.41) is 2.66. The van der Waals surface area contributed by atoms with E-state index >= 15 is 0 Å². The van der Waals surface area contributed by atoms with Gasteiger partial charge in [-0.05, 0) is 56.0 Å². The van der Waals surface area contributed by atoms with Crippen molar-refractivity contribution in [3.63, 3.8) is 0 Å². The fraction of sp³-hybridized carbons (Fsp3) is 0.346. The van der Waals surface area contributed by atoms with Gasteiger partial charge in [-0.2, -0.15) is 13.2 Å². The highest BCUT2D eigenvalue weighted by molar-refractivity contribution is 6.14. The maximum Gasteiger partial charge on any atom is 0.416 e. The Hall–Kier alpha value is -3.69. The van der Waals surface area contributed by atoms with Crippen LogP contribution in [0.4, 0.5) is 23.2 Å². The fourth-order valence-corrected chi connectivity index (χ4v) is 3.74. The molecule has 0 radical (unpaired) electrons. The van der Waals surface area contributed by atoms with Crippen molar-refractivity contribution in [2.24, 2.45) is 10.7 Å². The van der Waals surface area contributed by atoms with Crippen LogP contribution in [0.1, 0.15) is 60.2 Å². The number of rotatable bonds is 8. The number of alkyl halides is 3. The molecule has 0 bridgehead atoms. The Balaban J connectivity index is 1.91. The first-order valence-corrected chi connectivity index (χ1v) is 11.3. The van der Waals surface area contributed by atoms with Crippen LogP contribution in [0.3, 0.4) is 0 Å². The Labute approximate surface area is 206 Å². The van der Waals surface area contributed by atoms with E-state index in [1.165, 1.54) is 19.4 Å². The summed E-state index contributed by atoms with van der Waals surface area (Å²) in [5.41, 5.74) is 4.50. The molecule has 1 aliphatic carbocycles. The molecule has 1 fully saturated rings. The first kappa shape index (κ1) is 26.9. The van der Waals surface area contributed by atoms with Crippen LogP contribution in [-0.4, -0.2) is 31.2 Å². The van der Waals surface area contributed by atoms with Crippen molar-refractivity contribution in [1.29, 1.82) is 0 Å².